The number of nitrogens with two attached hydrogens (primary N) is 1. The highest BCUT2D eigenvalue weighted by molar-refractivity contribution is 5.70. The fraction of sp³-hybridized carbons (Fsp3) is 0.571. The number of ether oxygens (including phenoxy) is 1. The predicted molar refractivity (Wildman–Crippen MR) is 76.2 cm³/mol. The SMILES string of the molecule is COc1cc(N2CC(C)C(N(C)C)C2)c(N)cc1F. The van der Waals surface area contributed by atoms with Gasteiger partial charge in [-0.25, -0.2) is 4.39 Å². The third-order valence-corrected chi connectivity index (χ3v) is 3.88. The van der Waals surface area contributed by atoms with Gasteiger partial charge in [-0.3, -0.25) is 0 Å². The van der Waals surface area contributed by atoms with E-state index in [0.29, 0.717) is 17.6 Å². The molecule has 0 spiro atoms. The van der Waals surface area contributed by atoms with Crippen LogP contribution in [-0.2, 0) is 0 Å². The lowest BCUT2D eigenvalue weighted by Gasteiger charge is -2.24. The van der Waals surface area contributed by atoms with Gasteiger partial charge in [-0.1, -0.05) is 6.92 Å². The van der Waals surface area contributed by atoms with Gasteiger partial charge in [0.15, 0.2) is 11.6 Å². The van der Waals surface area contributed by atoms with Gasteiger partial charge in [-0.05, 0) is 20.0 Å². The zero-order valence-electron chi connectivity index (χ0n) is 12.0. The molecule has 2 rings (SSSR count). The Morgan fingerprint density at radius 3 is 2.58 bits per heavy atom. The Bertz CT molecular complexity index is 464. The van der Waals surface area contributed by atoms with E-state index in [9.17, 15) is 4.39 Å². The number of methoxy groups -OCH3 is 1. The monoisotopic (exact) mass is 267 g/mol. The van der Waals surface area contributed by atoms with E-state index in [1.165, 1.54) is 13.2 Å². The number of benzene rings is 1. The topological polar surface area (TPSA) is 41.7 Å². The second-order valence-corrected chi connectivity index (χ2v) is 5.46. The number of hydrogen-bond donors (Lipinski definition) is 1. The first kappa shape index (κ1) is 13.9. The zero-order valence-corrected chi connectivity index (χ0v) is 12.0. The molecule has 1 fully saturated rings. The van der Waals surface area contributed by atoms with Crippen molar-refractivity contribution in [2.45, 2.75) is 13.0 Å². The Morgan fingerprint density at radius 2 is 2.05 bits per heavy atom. The summed E-state index contributed by atoms with van der Waals surface area (Å²) in [6.45, 7) is 4.04. The molecule has 19 heavy (non-hydrogen) atoms. The molecule has 0 saturated carbocycles. The fourth-order valence-corrected chi connectivity index (χ4v) is 2.81. The van der Waals surface area contributed by atoms with Gasteiger partial charge < -0.3 is 20.3 Å². The molecule has 1 aliphatic heterocycles. The summed E-state index contributed by atoms with van der Waals surface area (Å²) in [5, 5.41) is 0. The minimum absolute atomic E-state index is 0.241. The third-order valence-electron chi connectivity index (χ3n) is 3.88. The molecule has 2 unspecified atom stereocenters. The van der Waals surface area contributed by atoms with Crippen molar-refractivity contribution in [1.29, 1.82) is 0 Å². The second-order valence-electron chi connectivity index (χ2n) is 5.46. The lowest BCUT2D eigenvalue weighted by molar-refractivity contribution is 0.266. The maximum atomic E-state index is 13.6. The Balaban J connectivity index is 2.28. The molecule has 1 aliphatic rings. The molecule has 1 saturated heterocycles. The van der Waals surface area contributed by atoms with Crippen LogP contribution in [0.15, 0.2) is 12.1 Å². The van der Waals surface area contributed by atoms with Crippen LogP contribution in [0.5, 0.6) is 5.75 Å². The smallest absolute Gasteiger partial charge is 0.167 e. The van der Waals surface area contributed by atoms with Gasteiger partial charge in [0.1, 0.15) is 0 Å². The number of nitrogen functional groups attached to an aromatic ring is 1. The Labute approximate surface area is 113 Å². The van der Waals surface area contributed by atoms with Crippen molar-refractivity contribution in [3.63, 3.8) is 0 Å². The molecular weight excluding hydrogens is 245 g/mol. The van der Waals surface area contributed by atoms with Gasteiger partial charge >= 0.3 is 0 Å². The van der Waals surface area contributed by atoms with Crippen LogP contribution in [0, 0.1) is 11.7 Å². The minimum atomic E-state index is -0.417. The molecule has 0 aromatic heterocycles. The van der Waals surface area contributed by atoms with Crippen molar-refractivity contribution in [1.82, 2.24) is 4.90 Å². The quantitative estimate of drug-likeness (QED) is 0.848. The first-order valence-corrected chi connectivity index (χ1v) is 6.48. The first-order valence-electron chi connectivity index (χ1n) is 6.48. The van der Waals surface area contributed by atoms with Gasteiger partial charge in [0.2, 0.25) is 0 Å². The molecule has 106 valence electrons. The normalized spacial score (nSPS) is 23.2. The van der Waals surface area contributed by atoms with Gasteiger partial charge in [0, 0.05) is 31.3 Å². The van der Waals surface area contributed by atoms with Crippen molar-refractivity contribution in [3.05, 3.63) is 17.9 Å². The molecule has 1 heterocycles. The summed E-state index contributed by atoms with van der Waals surface area (Å²) in [6, 6.07) is 3.51. The van der Waals surface area contributed by atoms with Crippen molar-refractivity contribution < 1.29 is 9.13 Å². The molecule has 5 heteroatoms. The van der Waals surface area contributed by atoms with Crippen LogP contribution in [0.1, 0.15) is 6.92 Å². The highest BCUT2D eigenvalue weighted by Gasteiger charge is 2.32. The van der Waals surface area contributed by atoms with E-state index in [1.807, 2.05) is 0 Å². The highest BCUT2D eigenvalue weighted by Crippen LogP contribution is 2.34. The minimum Gasteiger partial charge on any atom is -0.494 e. The summed E-state index contributed by atoms with van der Waals surface area (Å²) in [4.78, 5) is 4.42. The maximum absolute atomic E-state index is 13.6. The lowest BCUT2D eigenvalue weighted by atomic mass is 10.1. The molecule has 2 atom stereocenters. The Hall–Kier alpha value is -1.49. The van der Waals surface area contributed by atoms with Crippen LogP contribution in [0.25, 0.3) is 0 Å². The lowest BCUT2D eigenvalue weighted by Crippen LogP contribution is -2.34. The number of halogens is 1. The number of likely N-dealkylation sites (N-methyl/N-ethyl adjacent to an activating group) is 1. The summed E-state index contributed by atoms with van der Waals surface area (Å²) in [7, 11) is 5.63. The van der Waals surface area contributed by atoms with E-state index in [2.05, 4.69) is 30.8 Å². The van der Waals surface area contributed by atoms with Gasteiger partial charge in [-0.2, -0.15) is 0 Å². The van der Waals surface area contributed by atoms with E-state index in [4.69, 9.17) is 10.5 Å². The molecule has 0 aliphatic carbocycles. The van der Waals surface area contributed by atoms with Crippen LogP contribution < -0.4 is 15.4 Å². The van der Waals surface area contributed by atoms with Crippen LogP contribution in [0.2, 0.25) is 0 Å². The average Bonchev–Trinajstić information content (AvgIpc) is 2.71. The highest BCUT2D eigenvalue weighted by atomic mass is 19.1. The van der Waals surface area contributed by atoms with Gasteiger partial charge in [0.25, 0.3) is 0 Å². The predicted octanol–water partition coefficient (Wildman–Crippen LogP) is 1.80. The summed E-state index contributed by atoms with van der Waals surface area (Å²) >= 11 is 0. The van der Waals surface area contributed by atoms with Crippen molar-refractivity contribution in [3.8, 4) is 5.75 Å². The zero-order chi connectivity index (χ0) is 14.2. The standard InChI is InChI=1S/C14H22FN3O/c1-9-7-18(8-13(9)17(2)3)12-6-14(19-4)10(15)5-11(12)16/h5-6,9,13H,7-8,16H2,1-4H3. The van der Waals surface area contributed by atoms with Crippen LogP contribution in [0.4, 0.5) is 15.8 Å². The van der Waals surface area contributed by atoms with Crippen molar-refractivity contribution in [2.24, 2.45) is 5.92 Å². The summed E-state index contributed by atoms with van der Waals surface area (Å²) in [5.74, 6) is 0.371. The third kappa shape index (κ3) is 2.61. The molecule has 2 N–H and O–H groups in total. The largest absolute Gasteiger partial charge is 0.494 e. The van der Waals surface area contributed by atoms with E-state index in [1.54, 1.807) is 6.07 Å². The summed E-state index contributed by atoms with van der Waals surface area (Å²) < 4.78 is 18.6. The van der Waals surface area contributed by atoms with E-state index >= 15 is 0 Å². The van der Waals surface area contributed by atoms with E-state index in [0.717, 1.165) is 18.8 Å². The van der Waals surface area contributed by atoms with Crippen LogP contribution in [-0.4, -0.2) is 45.2 Å². The summed E-state index contributed by atoms with van der Waals surface area (Å²) in [6.07, 6.45) is 0. The van der Waals surface area contributed by atoms with Gasteiger partial charge in [-0.15, -0.1) is 0 Å². The first-order chi connectivity index (χ1) is 8.93. The second kappa shape index (κ2) is 5.25. The molecule has 4 nitrogen and oxygen atoms in total. The molecule has 1 aromatic carbocycles. The number of nitrogens with zero attached hydrogens (tertiary/aromatic N) is 2. The number of anilines is 2. The average molecular weight is 267 g/mol. The van der Waals surface area contributed by atoms with Crippen molar-refractivity contribution in [2.75, 3.05) is 44.9 Å². The Morgan fingerprint density at radius 1 is 1.37 bits per heavy atom. The van der Waals surface area contributed by atoms with Crippen molar-refractivity contribution >= 4 is 11.4 Å². The van der Waals surface area contributed by atoms with Crippen LogP contribution >= 0.6 is 0 Å². The van der Waals surface area contributed by atoms with E-state index < -0.39 is 5.82 Å². The molecule has 0 amide bonds. The number of hydrogen-bond acceptors (Lipinski definition) is 4. The van der Waals surface area contributed by atoms with Crippen LogP contribution in [0.3, 0.4) is 0 Å². The molecule has 0 radical (unpaired) electrons. The molecular formula is C14H22FN3O. The summed E-state index contributed by atoms with van der Waals surface area (Å²) in [5.41, 5.74) is 7.26. The Kier molecular flexibility index (Phi) is 3.85. The van der Waals surface area contributed by atoms with E-state index in [-0.39, 0.29) is 5.75 Å². The molecule has 0 bridgehead atoms. The molecule has 1 aromatic rings. The number of rotatable bonds is 3. The maximum Gasteiger partial charge on any atom is 0.167 e. The van der Waals surface area contributed by atoms with Gasteiger partial charge in [0.05, 0.1) is 18.5 Å². The fourth-order valence-electron chi connectivity index (χ4n) is 2.81.